The normalized spacial score (nSPS) is 11.9. The number of hydrogen-bond acceptors (Lipinski definition) is 4. The minimum atomic E-state index is -0.420. The van der Waals surface area contributed by atoms with E-state index in [1.54, 1.807) is 25.5 Å². The first-order valence-corrected chi connectivity index (χ1v) is 10.9. The number of nitrogens with one attached hydrogen (secondary N) is 1. The van der Waals surface area contributed by atoms with E-state index < -0.39 is 5.91 Å². The first kappa shape index (κ1) is 22.4. The van der Waals surface area contributed by atoms with Gasteiger partial charge in [-0.2, -0.15) is 5.10 Å². The standard InChI is InChI=1S/C27H29N3O3/c1-17-14-20(18(2)30(17)22-12-10-21(11-13-22)27(3,4)5)16-28-29-26(31)24-15-19-8-7-9-23(32-6)25(19)33-24/h7-16H,1-6H3,(H,29,31)/b28-16-. The lowest BCUT2D eigenvalue weighted by Crippen LogP contribution is -2.16. The van der Waals surface area contributed by atoms with Crippen LogP contribution in [0.4, 0.5) is 0 Å². The molecule has 4 rings (SSSR count). The molecule has 0 radical (unpaired) electrons. The smallest absolute Gasteiger partial charge is 0.307 e. The van der Waals surface area contributed by atoms with Crippen molar-refractivity contribution in [3.8, 4) is 11.4 Å². The number of nitrogens with zero attached hydrogens (tertiary/aromatic N) is 2. The van der Waals surface area contributed by atoms with Gasteiger partial charge in [-0.25, -0.2) is 5.43 Å². The number of fused-ring (bicyclic) bond motifs is 1. The quantitative estimate of drug-likeness (QED) is 0.308. The van der Waals surface area contributed by atoms with Gasteiger partial charge in [-0.1, -0.05) is 45.0 Å². The summed E-state index contributed by atoms with van der Waals surface area (Å²) >= 11 is 0. The number of carbonyl (C=O) groups excluding carboxylic acids is 1. The molecule has 4 aromatic rings. The highest BCUT2D eigenvalue weighted by Crippen LogP contribution is 2.28. The zero-order valence-electron chi connectivity index (χ0n) is 19.9. The molecular formula is C27H29N3O3. The number of amides is 1. The number of rotatable bonds is 5. The number of carbonyl (C=O) groups is 1. The number of benzene rings is 2. The molecule has 0 spiro atoms. The highest BCUT2D eigenvalue weighted by molar-refractivity contribution is 5.97. The average Bonchev–Trinajstić information content (AvgIpc) is 3.34. The van der Waals surface area contributed by atoms with Crippen molar-refractivity contribution >= 4 is 23.1 Å². The second kappa shape index (κ2) is 8.62. The Morgan fingerprint density at radius 2 is 1.82 bits per heavy atom. The van der Waals surface area contributed by atoms with Crippen LogP contribution in [0.3, 0.4) is 0 Å². The molecule has 33 heavy (non-hydrogen) atoms. The molecule has 2 aromatic heterocycles. The molecular weight excluding hydrogens is 414 g/mol. The van der Waals surface area contributed by atoms with Crippen LogP contribution < -0.4 is 10.2 Å². The van der Waals surface area contributed by atoms with Crippen LogP contribution >= 0.6 is 0 Å². The molecule has 0 saturated heterocycles. The number of furan rings is 1. The minimum Gasteiger partial charge on any atom is -0.493 e. The Labute approximate surface area is 193 Å². The Morgan fingerprint density at radius 3 is 2.48 bits per heavy atom. The summed E-state index contributed by atoms with van der Waals surface area (Å²) < 4.78 is 13.1. The number of para-hydroxylation sites is 1. The predicted molar refractivity (Wildman–Crippen MR) is 132 cm³/mol. The fourth-order valence-corrected chi connectivity index (χ4v) is 3.95. The van der Waals surface area contributed by atoms with Gasteiger partial charge in [0.25, 0.3) is 0 Å². The molecule has 2 aromatic carbocycles. The monoisotopic (exact) mass is 443 g/mol. The Hall–Kier alpha value is -3.80. The Bertz CT molecular complexity index is 1340. The van der Waals surface area contributed by atoms with Gasteiger partial charge in [-0.3, -0.25) is 4.79 Å². The van der Waals surface area contributed by atoms with Gasteiger partial charge in [0, 0.05) is 28.0 Å². The Kier molecular flexibility index (Phi) is 5.85. The fraction of sp³-hybridized carbons (Fsp3) is 0.259. The summed E-state index contributed by atoms with van der Waals surface area (Å²) in [5.74, 6) is 0.338. The Morgan fingerprint density at radius 1 is 1.09 bits per heavy atom. The van der Waals surface area contributed by atoms with Crippen LogP contribution in [0.5, 0.6) is 5.75 Å². The molecule has 6 heteroatoms. The Balaban J connectivity index is 1.52. The highest BCUT2D eigenvalue weighted by atomic mass is 16.5. The third kappa shape index (κ3) is 4.42. The van der Waals surface area contributed by atoms with Crippen molar-refractivity contribution in [3.05, 3.63) is 82.9 Å². The molecule has 0 saturated carbocycles. The first-order chi connectivity index (χ1) is 15.7. The lowest BCUT2D eigenvalue weighted by atomic mass is 9.87. The van der Waals surface area contributed by atoms with Crippen molar-refractivity contribution < 1.29 is 13.9 Å². The molecule has 0 aliphatic heterocycles. The van der Waals surface area contributed by atoms with E-state index in [-0.39, 0.29) is 11.2 Å². The molecule has 1 amide bonds. The SMILES string of the molecule is COc1cccc2cc(C(=O)N/N=C\c3cc(C)n(-c4ccc(C(C)(C)C)cc4)c3C)oc12. The number of aryl methyl sites for hydroxylation is 1. The van der Waals surface area contributed by atoms with Crippen molar-refractivity contribution in [2.45, 2.75) is 40.0 Å². The van der Waals surface area contributed by atoms with Gasteiger partial charge in [0.05, 0.1) is 13.3 Å². The van der Waals surface area contributed by atoms with Crippen LogP contribution in [0.1, 0.15) is 53.8 Å². The van der Waals surface area contributed by atoms with Gasteiger partial charge in [0.1, 0.15) is 0 Å². The predicted octanol–water partition coefficient (Wildman–Crippen LogP) is 5.91. The molecule has 2 heterocycles. The molecule has 0 fully saturated rings. The summed E-state index contributed by atoms with van der Waals surface area (Å²) in [5.41, 5.74) is 8.65. The van der Waals surface area contributed by atoms with Gasteiger partial charge >= 0.3 is 5.91 Å². The number of hydrogen-bond donors (Lipinski definition) is 1. The molecule has 1 N–H and O–H groups in total. The summed E-state index contributed by atoms with van der Waals surface area (Å²) in [6.45, 7) is 10.7. The zero-order chi connectivity index (χ0) is 23.8. The molecule has 170 valence electrons. The molecule has 0 bridgehead atoms. The van der Waals surface area contributed by atoms with E-state index >= 15 is 0 Å². The second-order valence-electron chi connectivity index (χ2n) is 9.15. The van der Waals surface area contributed by atoms with Crippen LogP contribution in [0.15, 0.2) is 64.1 Å². The van der Waals surface area contributed by atoms with Crippen molar-refractivity contribution in [2.24, 2.45) is 5.10 Å². The minimum absolute atomic E-state index is 0.111. The average molecular weight is 444 g/mol. The van der Waals surface area contributed by atoms with E-state index in [1.165, 1.54) is 5.56 Å². The van der Waals surface area contributed by atoms with Gasteiger partial charge in [-0.15, -0.1) is 0 Å². The summed E-state index contributed by atoms with van der Waals surface area (Å²) in [5, 5.41) is 4.95. The first-order valence-electron chi connectivity index (χ1n) is 10.9. The highest BCUT2D eigenvalue weighted by Gasteiger charge is 2.16. The summed E-state index contributed by atoms with van der Waals surface area (Å²) in [7, 11) is 1.57. The number of methoxy groups -OCH3 is 1. The lowest BCUT2D eigenvalue weighted by molar-refractivity contribution is 0.0929. The third-order valence-corrected chi connectivity index (χ3v) is 5.78. The van der Waals surface area contributed by atoms with Crippen molar-refractivity contribution in [2.75, 3.05) is 7.11 Å². The van der Waals surface area contributed by atoms with Gasteiger partial charge in [0.15, 0.2) is 17.1 Å². The fourth-order valence-electron chi connectivity index (χ4n) is 3.95. The van der Waals surface area contributed by atoms with Crippen molar-refractivity contribution in [1.82, 2.24) is 9.99 Å². The van der Waals surface area contributed by atoms with E-state index in [9.17, 15) is 4.79 Å². The number of hydrazone groups is 1. The van der Waals surface area contributed by atoms with Gasteiger partial charge in [-0.05, 0) is 55.2 Å². The maximum Gasteiger partial charge on any atom is 0.307 e. The third-order valence-electron chi connectivity index (χ3n) is 5.78. The van der Waals surface area contributed by atoms with E-state index in [0.717, 1.165) is 28.0 Å². The largest absolute Gasteiger partial charge is 0.493 e. The molecule has 6 nitrogen and oxygen atoms in total. The van der Waals surface area contributed by atoms with Gasteiger partial charge in [0.2, 0.25) is 0 Å². The zero-order valence-corrected chi connectivity index (χ0v) is 19.9. The number of aromatic nitrogens is 1. The molecule has 0 aliphatic carbocycles. The lowest BCUT2D eigenvalue weighted by Gasteiger charge is -2.20. The molecule has 0 atom stereocenters. The maximum atomic E-state index is 12.5. The summed E-state index contributed by atoms with van der Waals surface area (Å²) in [6, 6.07) is 17.9. The topological polar surface area (TPSA) is 68.8 Å². The molecule has 0 unspecified atom stereocenters. The van der Waals surface area contributed by atoms with Crippen molar-refractivity contribution in [3.63, 3.8) is 0 Å². The van der Waals surface area contributed by atoms with Gasteiger partial charge < -0.3 is 13.7 Å². The van der Waals surface area contributed by atoms with Crippen LogP contribution in [0, 0.1) is 13.8 Å². The number of ether oxygens (including phenoxy) is 1. The summed E-state index contributed by atoms with van der Waals surface area (Å²) in [4.78, 5) is 12.5. The van der Waals surface area contributed by atoms with Crippen LogP contribution in [-0.4, -0.2) is 23.8 Å². The van der Waals surface area contributed by atoms with E-state index in [4.69, 9.17) is 9.15 Å². The molecule has 0 aliphatic rings. The van der Waals surface area contributed by atoms with Crippen LogP contribution in [-0.2, 0) is 5.41 Å². The van der Waals surface area contributed by atoms with E-state index in [0.29, 0.717) is 11.3 Å². The maximum absolute atomic E-state index is 12.5. The van der Waals surface area contributed by atoms with E-state index in [2.05, 4.69) is 73.1 Å². The van der Waals surface area contributed by atoms with Crippen LogP contribution in [0.2, 0.25) is 0 Å². The van der Waals surface area contributed by atoms with E-state index in [1.807, 2.05) is 19.1 Å². The summed E-state index contributed by atoms with van der Waals surface area (Å²) in [6.07, 6.45) is 1.66. The second-order valence-corrected chi connectivity index (χ2v) is 9.15. The van der Waals surface area contributed by atoms with Crippen molar-refractivity contribution in [1.29, 1.82) is 0 Å². The van der Waals surface area contributed by atoms with Crippen LogP contribution in [0.25, 0.3) is 16.7 Å².